The Labute approximate surface area is 123 Å². The Morgan fingerprint density at radius 3 is 2.45 bits per heavy atom. The molecule has 0 bridgehead atoms. The normalized spacial score (nSPS) is 16.1. The maximum atomic E-state index is 9.18. The van der Waals surface area contributed by atoms with E-state index in [4.69, 9.17) is 4.74 Å². The molecule has 3 heteroatoms. The third kappa shape index (κ3) is 4.54. The summed E-state index contributed by atoms with van der Waals surface area (Å²) >= 11 is 0. The second-order valence-corrected chi connectivity index (χ2v) is 6.60. The molecule has 0 aromatic heterocycles. The third-order valence-electron chi connectivity index (χ3n) is 3.53. The molecular formula is C17H26N2O. The quantitative estimate of drug-likeness (QED) is 0.891. The maximum Gasteiger partial charge on any atom is 0.119 e. The predicted molar refractivity (Wildman–Crippen MR) is 82.9 cm³/mol. The predicted octanol–water partition coefficient (Wildman–Crippen LogP) is 3.64. The monoisotopic (exact) mass is 274 g/mol. The number of nitrogens with one attached hydrogen (secondary N) is 1. The van der Waals surface area contributed by atoms with E-state index in [2.05, 4.69) is 44.3 Å². The molecule has 0 radical (unpaired) electrons. The lowest BCUT2D eigenvalue weighted by molar-refractivity contribution is 0.182. The highest BCUT2D eigenvalue weighted by Gasteiger charge is 2.25. The van der Waals surface area contributed by atoms with Gasteiger partial charge in [0.05, 0.1) is 12.2 Å². The van der Waals surface area contributed by atoms with Crippen LogP contribution in [-0.2, 0) is 5.41 Å². The lowest BCUT2D eigenvalue weighted by Crippen LogP contribution is -2.41. The van der Waals surface area contributed by atoms with Crippen LogP contribution < -0.4 is 10.1 Å². The highest BCUT2D eigenvalue weighted by Crippen LogP contribution is 2.26. The van der Waals surface area contributed by atoms with E-state index in [1.165, 1.54) is 5.56 Å². The molecule has 1 N–H and O–H groups in total. The lowest BCUT2D eigenvalue weighted by Gasteiger charge is -2.26. The fraction of sp³-hybridized carbons (Fsp3) is 0.588. The van der Waals surface area contributed by atoms with Gasteiger partial charge >= 0.3 is 0 Å². The number of hydrogen-bond acceptors (Lipinski definition) is 3. The van der Waals surface area contributed by atoms with E-state index in [1.807, 2.05) is 26.0 Å². The van der Waals surface area contributed by atoms with E-state index < -0.39 is 5.54 Å². The van der Waals surface area contributed by atoms with E-state index >= 15 is 0 Å². The molecule has 0 aliphatic carbocycles. The summed E-state index contributed by atoms with van der Waals surface area (Å²) in [6, 6.07) is 10.5. The van der Waals surface area contributed by atoms with Crippen LogP contribution in [0.3, 0.4) is 0 Å². The number of nitrogens with zero attached hydrogens (tertiary/aromatic N) is 1. The van der Waals surface area contributed by atoms with Crippen molar-refractivity contribution in [2.75, 3.05) is 7.05 Å². The second kappa shape index (κ2) is 6.28. The van der Waals surface area contributed by atoms with E-state index in [0.717, 1.165) is 5.75 Å². The molecule has 2 atom stereocenters. The smallest absolute Gasteiger partial charge is 0.119 e. The largest absolute Gasteiger partial charge is 0.491 e. The van der Waals surface area contributed by atoms with Crippen LogP contribution in [-0.4, -0.2) is 18.7 Å². The molecule has 1 aromatic rings. The fourth-order valence-electron chi connectivity index (χ4n) is 2.09. The van der Waals surface area contributed by atoms with Crippen LogP contribution >= 0.6 is 0 Å². The van der Waals surface area contributed by atoms with Crippen molar-refractivity contribution in [3.05, 3.63) is 29.8 Å². The molecule has 0 saturated heterocycles. The highest BCUT2D eigenvalue weighted by atomic mass is 16.5. The zero-order valence-electron chi connectivity index (χ0n) is 13.4. The van der Waals surface area contributed by atoms with Crippen molar-refractivity contribution >= 4 is 0 Å². The molecule has 20 heavy (non-hydrogen) atoms. The molecule has 0 amide bonds. The third-order valence-corrected chi connectivity index (χ3v) is 3.53. The summed E-state index contributed by atoms with van der Waals surface area (Å²) in [5.41, 5.74) is 0.800. The van der Waals surface area contributed by atoms with Gasteiger partial charge in [0.1, 0.15) is 11.3 Å². The van der Waals surface area contributed by atoms with E-state index in [-0.39, 0.29) is 11.5 Å². The van der Waals surface area contributed by atoms with Gasteiger partial charge in [-0.25, -0.2) is 0 Å². The molecular weight excluding hydrogens is 248 g/mol. The first-order valence-electron chi connectivity index (χ1n) is 7.07. The van der Waals surface area contributed by atoms with Crippen LogP contribution in [0.25, 0.3) is 0 Å². The van der Waals surface area contributed by atoms with Crippen molar-refractivity contribution in [2.45, 2.75) is 58.1 Å². The van der Waals surface area contributed by atoms with Gasteiger partial charge in [0.2, 0.25) is 0 Å². The molecule has 0 fully saturated rings. The van der Waals surface area contributed by atoms with Crippen molar-refractivity contribution in [3.63, 3.8) is 0 Å². The van der Waals surface area contributed by atoms with Crippen molar-refractivity contribution < 1.29 is 4.74 Å². The molecule has 3 nitrogen and oxygen atoms in total. The Hall–Kier alpha value is -1.53. The highest BCUT2D eigenvalue weighted by molar-refractivity contribution is 5.32. The number of hydrogen-bond donors (Lipinski definition) is 1. The summed E-state index contributed by atoms with van der Waals surface area (Å²) in [5.74, 6) is 0.862. The van der Waals surface area contributed by atoms with Crippen molar-refractivity contribution in [1.82, 2.24) is 5.32 Å². The Kier molecular flexibility index (Phi) is 5.19. The van der Waals surface area contributed by atoms with Gasteiger partial charge in [-0.05, 0) is 44.0 Å². The van der Waals surface area contributed by atoms with Gasteiger partial charge in [-0.2, -0.15) is 5.26 Å². The fourth-order valence-corrected chi connectivity index (χ4v) is 2.09. The van der Waals surface area contributed by atoms with E-state index in [1.54, 1.807) is 7.05 Å². The minimum Gasteiger partial charge on any atom is -0.491 e. The van der Waals surface area contributed by atoms with Crippen molar-refractivity contribution in [2.24, 2.45) is 0 Å². The Bertz CT molecular complexity index is 484. The number of rotatable bonds is 5. The van der Waals surface area contributed by atoms with Crippen LogP contribution in [0.15, 0.2) is 24.3 Å². The summed E-state index contributed by atoms with van der Waals surface area (Å²) in [4.78, 5) is 0. The number of benzene rings is 1. The first-order valence-corrected chi connectivity index (χ1v) is 7.07. The van der Waals surface area contributed by atoms with Crippen molar-refractivity contribution in [3.8, 4) is 11.8 Å². The average Bonchev–Trinajstić information content (AvgIpc) is 2.37. The summed E-state index contributed by atoms with van der Waals surface area (Å²) in [7, 11) is 1.80. The summed E-state index contributed by atoms with van der Waals surface area (Å²) in [6.45, 7) is 10.4. The average molecular weight is 274 g/mol. The molecule has 0 spiro atoms. The van der Waals surface area contributed by atoms with Gasteiger partial charge in [0.25, 0.3) is 0 Å². The first-order chi connectivity index (χ1) is 9.20. The standard InChI is InChI=1S/C17H26N2O/c1-13(11-17(5,12-18)19-6)20-15-9-7-8-14(10-15)16(2,3)4/h7-10,13,19H,11H2,1-6H3. The van der Waals surface area contributed by atoms with Gasteiger partial charge in [-0.3, -0.25) is 0 Å². The zero-order chi connectivity index (χ0) is 15.4. The van der Waals surface area contributed by atoms with Crippen LogP contribution in [0, 0.1) is 11.3 Å². The second-order valence-electron chi connectivity index (χ2n) is 6.60. The Morgan fingerprint density at radius 1 is 1.30 bits per heavy atom. The summed E-state index contributed by atoms with van der Waals surface area (Å²) in [6.07, 6.45) is 0.613. The minimum atomic E-state index is -0.555. The molecule has 110 valence electrons. The zero-order valence-corrected chi connectivity index (χ0v) is 13.4. The molecule has 1 rings (SSSR count). The molecule has 0 saturated carbocycles. The summed E-state index contributed by atoms with van der Waals surface area (Å²) < 4.78 is 5.96. The van der Waals surface area contributed by atoms with Crippen LogP contribution in [0.1, 0.15) is 46.6 Å². The molecule has 1 aromatic carbocycles. The first kappa shape index (κ1) is 16.5. The number of ether oxygens (including phenoxy) is 1. The van der Waals surface area contributed by atoms with Gasteiger partial charge < -0.3 is 10.1 Å². The van der Waals surface area contributed by atoms with E-state index in [0.29, 0.717) is 6.42 Å². The van der Waals surface area contributed by atoms with Crippen LogP contribution in [0.2, 0.25) is 0 Å². The maximum absolute atomic E-state index is 9.18. The summed E-state index contributed by atoms with van der Waals surface area (Å²) in [5, 5.41) is 12.2. The molecule has 0 heterocycles. The SMILES string of the molecule is CNC(C)(C#N)CC(C)Oc1cccc(C(C)(C)C)c1. The minimum absolute atomic E-state index is 0.0256. The van der Waals surface area contributed by atoms with Gasteiger partial charge in [0.15, 0.2) is 0 Å². The van der Waals surface area contributed by atoms with Gasteiger partial charge in [-0.15, -0.1) is 0 Å². The Balaban J connectivity index is 2.77. The molecule has 2 unspecified atom stereocenters. The van der Waals surface area contributed by atoms with Crippen molar-refractivity contribution in [1.29, 1.82) is 5.26 Å². The topological polar surface area (TPSA) is 45.0 Å². The number of nitriles is 1. The van der Waals surface area contributed by atoms with E-state index in [9.17, 15) is 5.26 Å². The van der Waals surface area contributed by atoms with Crippen LogP contribution in [0.5, 0.6) is 5.75 Å². The van der Waals surface area contributed by atoms with Gasteiger partial charge in [0, 0.05) is 6.42 Å². The lowest BCUT2D eigenvalue weighted by atomic mass is 9.87. The molecule has 0 aliphatic rings. The van der Waals surface area contributed by atoms with Crippen LogP contribution in [0.4, 0.5) is 0 Å². The van der Waals surface area contributed by atoms with Gasteiger partial charge in [-0.1, -0.05) is 32.9 Å². The molecule has 0 aliphatic heterocycles. The Morgan fingerprint density at radius 2 is 1.95 bits per heavy atom.